The molecule has 0 fully saturated rings. The molecule has 25 heavy (non-hydrogen) atoms. The van der Waals surface area contributed by atoms with E-state index < -0.39 is 16.6 Å². The lowest BCUT2D eigenvalue weighted by atomic mass is 10.1. The van der Waals surface area contributed by atoms with Gasteiger partial charge >= 0.3 is 6.61 Å². The van der Waals surface area contributed by atoms with Gasteiger partial charge in [-0.3, -0.25) is 4.31 Å². The smallest absolute Gasteiger partial charge is 0.387 e. The van der Waals surface area contributed by atoms with Crippen LogP contribution in [0.1, 0.15) is 5.56 Å². The summed E-state index contributed by atoms with van der Waals surface area (Å²) < 4.78 is 56.3. The first-order valence-electron chi connectivity index (χ1n) is 7.55. The Morgan fingerprint density at radius 1 is 1.00 bits per heavy atom. The van der Waals surface area contributed by atoms with Gasteiger partial charge in [0, 0.05) is 5.39 Å². The van der Waals surface area contributed by atoms with E-state index in [0.29, 0.717) is 16.6 Å². The highest BCUT2D eigenvalue weighted by molar-refractivity contribution is 7.93. The first kappa shape index (κ1) is 15.8. The molecular weight excluding hydrogens is 348 g/mol. The molecule has 0 N–H and O–H groups in total. The Labute approximate surface area is 143 Å². The molecule has 7 heteroatoms. The van der Waals surface area contributed by atoms with Crippen LogP contribution in [-0.2, 0) is 16.6 Å². The highest BCUT2D eigenvalue weighted by Crippen LogP contribution is 2.42. The van der Waals surface area contributed by atoms with E-state index in [1.165, 1.54) is 16.4 Å². The molecule has 4 nitrogen and oxygen atoms in total. The van der Waals surface area contributed by atoms with Crippen LogP contribution in [0.3, 0.4) is 0 Å². The minimum Gasteiger partial charge on any atom is -0.435 e. The normalized spacial score (nSPS) is 15.1. The van der Waals surface area contributed by atoms with Crippen molar-refractivity contribution < 1.29 is 21.9 Å². The van der Waals surface area contributed by atoms with Crippen molar-refractivity contribution in [2.75, 3.05) is 4.31 Å². The van der Waals surface area contributed by atoms with E-state index in [0.717, 1.165) is 5.39 Å². The van der Waals surface area contributed by atoms with Gasteiger partial charge < -0.3 is 4.74 Å². The van der Waals surface area contributed by atoms with Crippen LogP contribution >= 0.6 is 0 Å². The average molecular weight is 361 g/mol. The van der Waals surface area contributed by atoms with Crippen molar-refractivity contribution in [3.05, 3.63) is 66.2 Å². The first-order valence-corrected chi connectivity index (χ1v) is 8.99. The Kier molecular flexibility index (Phi) is 3.61. The zero-order valence-electron chi connectivity index (χ0n) is 12.9. The summed E-state index contributed by atoms with van der Waals surface area (Å²) in [7, 11) is -3.69. The number of nitrogens with zero attached hydrogens (tertiary/aromatic N) is 1. The summed E-state index contributed by atoms with van der Waals surface area (Å²) in [6.45, 7) is -2.89. The van der Waals surface area contributed by atoms with Gasteiger partial charge in [0.25, 0.3) is 10.0 Å². The molecule has 0 saturated heterocycles. The van der Waals surface area contributed by atoms with Crippen molar-refractivity contribution in [3.8, 4) is 5.75 Å². The van der Waals surface area contributed by atoms with E-state index in [1.54, 1.807) is 36.4 Å². The van der Waals surface area contributed by atoms with Crippen LogP contribution < -0.4 is 9.04 Å². The lowest BCUT2D eigenvalue weighted by molar-refractivity contribution is -0.0498. The minimum atomic E-state index is -3.69. The largest absolute Gasteiger partial charge is 0.435 e. The number of rotatable bonds is 4. The van der Waals surface area contributed by atoms with Crippen molar-refractivity contribution in [2.45, 2.75) is 18.1 Å². The van der Waals surface area contributed by atoms with Crippen LogP contribution in [0.25, 0.3) is 10.8 Å². The van der Waals surface area contributed by atoms with Gasteiger partial charge in [0.15, 0.2) is 0 Å². The molecule has 0 aromatic heterocycles. The van der Waals surface area contributed by atoms with Crippen LogP contribution in [0.5, 0.6) is 5.75 Å². The number of hydrogen-bond acceptors (Lipinski definition) is 3. The number of alkyl halides is 2. The second-order valence-electron chi connectivity index (χ2n) is 5.67. The third-order valence-electron chi connectivity index (χ3n) is 4.13. The van der Waals surface area contributed by atoms with Crippen molar-refractivity contribution in [1.29, 1.82) is 0 Å². The molecule has 0 aliphatic carbocycles. The zero-order valence-corrected chi connectivity index (χ0v) is 13.7. The summed E-state index contributed by atoms with van der Waals surface area (Å²) in [4.78, 5) is 0.264. The fourth-order valence-electron chi connectivity index (χ4n) is 3.11. The number of ether oxygens (including phenoxy) is 1. The third kappa shape index (κ3) is 2.60. The molecular formula is C18H13F2NO3S. The number of anilines is 1. The standard InChI is InChI=1S/C18H13F2NO3S/c19-18(20)24-14-7-1-4-12(10-14)11-21-15-8-2-5-13-6-3-9-16(17(13)15)25(21,22)23/h1-10,18H,11H2. The molecule has 1 aliphatic rings. The highest BCUT2D eigenvalue weighted by Gasteiger charge is 2.35. The van der Waals surface area contributed by atoms with E-state index in [-0.39, 0.29) is 17.2 Å². The third-order valence-corrected chi connectivity index (χ3v) is 5.93. The highest BCUT2D eigenvalue weighted by atomic mass is 32.2. The predicted octanol–water partition coefficient (Wildman–Crippen LogP) is 4.15. The summed E-state index contributed by atoms with van der Waals surface area (Å²) in [5.41, 5.74) is 1.15. The first-order chi connectivity index (χ1) is 12.0. The van der Waals surface area contributed by atoms with Crippen LogP contribution in [0.4, 0.5) is 14.5 Å². The van der Waals surface area contributed by atoms with E-state index >= 15 is 0 Å². The summed E-state index contributed by atoms with van der Waals surface area (Å²) in [5, 5.41) is 1.53. The predicted molar refractivity (Wildman–Crippen MR) is 90.4 cm³/mol. The van der Waals surface area contributed by atoms with Crippen LogP contribution in [-0.4, -0.2) is 15.0 Å². The number of hydrogen-bond donors (Lipinski definition) is 0. The van der Waals surface area contributed by atoms with E-state index in [2.05, 4.69) is 4.74 Å². The fourth-order valence-corrected chi connectivity index (χ4v) is 4.81. The molecule has 0 saturated carbocycles. The van der Waals surface area contributed by atoms with E-state index in [1.807, 2.05) is 12.1 Å². The Morgan fingerprint density at radius 3 is 2.48 bits per heavy atom. The van der Waals surface area contributed by atoms with Gasteiger partial charge in [-0.15, -0.1) is 0 Å². The van der Waals surface area contributed by atoms with E-state index in [9.17, 15) is 17.2 Å². The van der Waals surface area contributed by atoms with Crippen LogP contribution in [0.15, 0.2) is 65.6 Å². The molecule has 3 aromatic rings. The topological polar surface area (TPSA) is 46.6 Å². The lowest BCUT2D eigenvalue weighted by Gasteiger charge is -2.19. The molecule has 0 spiro atoms. The molecule has 1 heterocycles. The Hall–Kier alpha value is -2.67. The SMILES string of the molecule is O=S1(=O)c2cccc3cccc(c23)N1Cc1cccc(OC(F)F)c1. The van der Waals surface area contributed by atoms with Crippen LogP contribution in [0, 0.1) is 0 Å². The Balaban J connectivity index is 1.77. The maximum absolute atomic E-state index is 12.9. The van der Waals surface area contributed by atoms with Crippen molar-refractivity contribution in [1.82, 2.24) is 0 Å². The van der Waals surface area contributed by atoms with Crippen molar-refractivity contribution in [2.24, 2.45) is 0 Å². The van der Waals surface area contributed by atoms with Gasteiger partial charge in [0.1, 0.15) is 5.75 Å². The molecule has 0 atom stereocenters. The Morgan fingerprint density at radius 2 is 1.72 bits per heavy atom. The maximum Gasteiger partial charge on any atom is 0.387 e. The number of benzene rings is 3. The average Bonchev–Trinajstić information content (AvgIpc) is 2.78. The molecule has 0 radical (unpaired) electrons. The zero-order chi connectivity index (χ0) is 17.6. The minimum absolute atomic E-state index is 0.000169. The summed E-state index contributed by atoms with van der Waals surface area (Å²) in [6, 6.07) is 16.6. The maximum atomic E-state index is 12.9. The molecule has 0 amide bonds. The molecule has 0 bridgehead atoms. The second kappa shape index (κ2) is 5.70. The van der Waals surface area contributed by atoms with Crippen molar-refractivity contribution >= 4 is 26.5 Å². The van der Waals surface area contributed by atoms with Gasteiger partial charge in [-0.2, -0.15) is 8.78 Å². The van der Waals surface area contributed by atoms with Gasteiger partial charge in [-0.1, -0.05) is 36.4 Å². The Bertz CT molecular complexity index is 1060. The number of sulfonamides is 1. The summed E-state index contributed by atoms with van der Waals surface area (Å²) in [6.07, 6.45) is 0. The van der Waals surface area contributed by atoms with Crippen LogP contribution in [0.2, 0.25) is 0 Å². The fraction of sp³-hybridized carbons (Fsp3) is 0.111. The monoisotopic (exact) mass is 361 g/mol. The summed E-state index contributed by atoms with van der Waals surface area (Å²) >= 11 is 0. The molecule has 3 aromatic carbocycles. The van der Waals surface area contributed by atoms with Gasteiger partial charge in [0.05, 0.1) is 17.1 Å². The lowest BCUT2D eigenvalue weighted by Crippen LogP contribution is -2.26. The second-order valence-corrected chi connectivity index (χ2v) is 7.50. The molecule has 1 aliphatic heterocycles. The number of halogens is 2. The molecule has 4 rings (SSSR count). The van der Waals surface area contributed by atoms with Crippen molar-refractivity contribution in [3.63, 3.8) is 0 Å². The van der Waals surface area contributed by atoms with Gasteiger partial charge in [-0.25, -0.2) is 8.42 Å². The molecule has 0 unspecified atom stereocenters. The summed E-state index contributed by atoms with van der Waals surface area (Å²) in [5.74, 6) is -0.000169. The molecule has 128 valence electrons. The van der Waals surface area contributed by atoms with Gasteiger partial charge in [0.2, 0.25) is 0 Å². The van der Waals surface area contributed by atoms with E-state index in [4.69, 9.17) is 0 Å². The van der Waals surface area contributed by atoms with Gasteiger partial charge in [-0.05, 0) is 35.2 Å². The quantitative estimate of drug-likeness (QED) is 0.701.